The maximum atomic E-state index is 12.9. The van der Waals surface area contributed by atoms with Crippen molar-refractivity contribution in [3.8, 4) is 11.3 Å². The minimum absolute atomic E-state index is 0.137. The second kappa shape index (κ2) is 8.99. The zero-order chi connectivity index (χ0) is 23.8. The van der Waals surface area contributed by atoms with E-state index in [0.29, 0.717) is 36.6 Å². The molecule has 5 heterocycles. The van der Waals surface area contributed by atoms with Crippen LogP contribution in [0.15, 0.2) is 67.1 Å². The third-order valence-corrected chi connectivity index (χ3v) is 6.65. The Hall–Kier alpha value is -3.98. The Labute approximate surface area is 206 Å². The van der Waals surface area contributed by atoms with E-state index in [-0.39, 0.29) is 5.91 Å². The van der Waals surface area contributed by atoms with Gasteiger partial charge < -0.3 is 9.80 Å². The van der Waals surface area contributed by atoms with Crippen LogP contribution in [0.4, 0.5) is 5.82 Å². The van der Waals surface area contributed by atoms with E-state index >= 15 is 0 Å². The first kappa shape index (κ1) is 21.5. The molecule has 1 aliphatic rings. The SMILES string of the molecule is O=C(CCc1nnc2c3cc(-c4ccc(Cl)cc4)nn3ccn12)N1CCN(c2ccccn2)CC1. The first-order valence-electron chi connectivity index (χ1n) is 11.6. The molecule has 1 saturated heterocycles. The summed E-state index contributed by atoms with van der Waals surface area (Å²) in [6, 6.07) is 15.5. The van der Waals surface area contributed by atoms with Crippen molar-refractivity contribution in [3.63, 3.8) is 0 Å². The molecule has 0 bridgehead atoms. The molecule has 35 heavy (non-hydrogen) atoms. The predicted octanol–water partition coefficient (Wildman–Crippen LogP) is 3.37. The van der Waals surface area contributed by atoms with Crippen LogP contribution in [-0.4, -0.2) is 66.2 Å². The molecule has 9 nitrogen and oxygen atoms in total. The number of carbonyl (C=O) groups is 1. The molecule has 0 radical (unpaired) electrons. The Balaban J connectivity index is 1.14. The van der Waals surface area contributed by atoms with E-state index in [4.69, 9.17) is 11.6 Å². The third-order valence-electron chi connectivity index (χ3n) is 6.40. The lowest BCUT2D eigenvalue weighted by atomic mass is 10.1. The molecule has 0 N–H and O–H groups in total. The Morgan fingerprint density at radius 1 is 0.971 bits per heavy atom. The van der Waals surface area contributed by atoms with Crippen LogP contribution in [0.3, 0.4) is 0 Å². The van der Waals surface area contributed by atoms with E-state index in [9.17, 15) is 4.79 Å². The fourth-order valence-corrected chi connectivity index (χ4v) is 4.62. The number of carbonyl (C=O) groups excluding carboxylic acids is 1. The van der Waals surface area contributed by atoms with Gasteiger partial charge in [-0.2, -0.15) is 5.10 Å². The largest absolute Gasteiger partial charge is 0.353 e. The molecule has 0 unspecified atom stereocenters. The molecule has 1 aliphatic heterocycles. The van der Waals surface area contributed by atoms with Gasteiger partial charge in [-0.15, -0.1) is 10.2 Å². The van der Waals surface area contributed by atoms with Crippen molar-refractivity contribution in [1.29, 1.82) is 0 Å². The Morgan fingerprint density at radius 2 is 1.80 bits per heavy atom. The molecule has 1 aromatic carbocycles. The average Bonchev–Trinajstić information content (AvgIpc) is 3.52. The summed E-state index contributed by atoms with van der Waals surface area (Å²) in [6.45, 7) is 2.96. The molecule has 0 atom stereocenters. The minimum Gasteiger partial charge on any atom is -0.353 e. The Morgan fingerprint density at radius 3 is 2.57 bits per heavy atom. The lowest BCUT2D eigenvalue weighted by molar-refractivity contribution is -0.131. The van der Waals surface area contributed by atoms with Gasteiger partial charge in [-0.05, 0) is 30.3 Å². The molecular weight excluding hydrogens is 464 g/mol. The number of pyridine rings is 1. The van der Waals surface area contributed by atoms with Gasteiger partial charge in [-0.1, -0.05) is 29.8 Å². The summed E-state index contributed by atoms with van der Waals surface area (Å²) < 4.78 is 3.74. The summed E-state index contributed by atoms with van der Waals surface area (Å²) in [5.41, 5.74) is 3.38. The van der Waals surface area contributed by atoms with Crippen molar-refractivity contribution < 1.29 is 4.79 Å². The number of aromatic nitrogens is 6. The van der Waals surface area contributed by atoms with E-state index in [1.807, 2.05) is 70.2 Å². The molecular formula is C25H23ClN8O. The first-order chi connectivity index (χ1) is 17.2. The molecule has 5 aromatic rings. The zero-order valence-electron chi connectivity index (χ0n) is 19.0. The minimum atomic E-state index is 0.137. The molecule has 0 aliphatic carbocycles. The summed E-state index contributed by atoms with van der Waals surface area (Å²) in [5, 5.41) is 14.1. The summed E-state index contributed by atoms with van der Waals surface area (Å²) in [5.74, 6) is 1.86. The summed E-state index contributed by atoms with van der Waals surface area (Å²) in [6.07, 6.45) is 6.49. The van der Waals surface area contributed by atoms with Crippen molar-refractivity contribution >= 4 is 34.5 Å². The van der Waals surface area contributed by atoms with Gasteiger partial charge in [0.05, 0.1) is 5.69 Å². The van der Waals surface area contributed by atoms with Gasteiger partial charge in [-0.3, -0.25) is 9.20 Å². The molecule has 0 saturated carbocycles. The first-order valence-corrected chi connectivity index (χ1v) is 12.0. The lowest BCUT2D eigenvalue weighted by Crippen LogP contribution is -2.49. The van der Waals surface area contributed by atoms with Gasteiger partial charge in [0, 0.05) is 68.2 Å². The third kappa shape index (κ3) is 4.19. The highest BCUT2D eigenvalue weighted by Crippen LogP contribution is 2.24. The smallest absolute Gasteiger partial charge is 0.223 e. The van der Waals surface area contributed by atoms with Crippen molar-refractivity contribution in [1.82, 2.24) is 34.1 Å². The predicted molar refractivity (Wildman–Crippen MR) is 134 cm³/mol. The second-order valence-corrected chi connectivity index (χ2v) is 8.97. The molecule has 0 spiro atoms. The maximum absolute atomic E-state index is 12.9. The fraction of sp³-hybridized carbons (Fsp3) is 0.240. The van der Waals surface area contributed by atoms with Gasteiger partial charge in [0.1, 0.15) is 17.2 Å². The van der Waals surface area contributed by atoms with Gasteiger partial charge in [0.2, 0.25) is 5.91 Å². The van der Waals surface area contributed by atoms with Crippen LogP contribution in [0.5, 0.6) is 0 Å². The van der Waals surface area contributed by atoms with Crippen molar-refractivity contribution in [2.75, 3.05) is 31.1 Å². The number of benzene rings is 1. The Kier molecular flexibility index (Phi) is 5.54. The van der Waals surface area contributed by atoms with Gasteiger partial charge in [0.25, 0.3) is 0 Å². The van der Waals surface area contributed by atoms with E-state index < -0.39 is 0 Å². The molecule has 6 rings (SSSR count). The van der Waals surface area contributed by atoms with Crippen LogP contribution < -0.4 is 4.90 Å². The van der Waals surface area contributed by atoms with E-state index in [0.717, 1.165) is 41.5 Å². The standard InChI is InChI=1S/C25H23ClN8O/c26-19-6-4-18(5-7-19)20-17-21-25-29-28-23(33(25)15-16-34(21)30-20)8-9-24(35)32-13-11-31(12-14-32)22-3-1-2-10-27-22/h1-7,10,15-17H,8-9,11-14H2. The van der Waals surface area contributed by atoms with Crippen LogP contribution >= 0.6 is 11.6 Å². The van der Waals surface area contributed by atoms with E-state index in [2.05, 4.69) is 25.2 Å². The van der Waals surface area contributed by atoms with Crippen molar-refractivity contribution in [2.45, 2.75) is 12.8 Å². The number of aryl methyl sites for hydroxylation is 1. The molecule has 176 valence electrons. The topological polar surface area (TPSA) is 83.9 Å². The molecule has 1 amide bonds. The number of halogens is 1. The Bertz CT molecular complexity index is 1490. The summed E-state index contributed by atoms with van der Waals surface area (Å²) in [7, 11) is 0. The lowest BCUT2D eigenvalue weighted by Gasteiger charge is -2.35. The van der Waals surface area contributed by atoms with Crippen LogP contribution in [0.25, 0.3) is 22.4 Å². The highest BCUT2D eigenvalue weighted by Gasteiger charge is 2.22. The number of anilines is 1. The summed E-state index contributed by atoms with van der Waals surface area (Å²) in [4.78, 5) is 21.4. The number of fused-ring (bicyclic) bond motifs is 3. The highest BCUT2D eigenvalue weighted by atomic mass is 35.5. The van der Waals surface area contributed by atoms with Crippen LogP contribution in [0, 0.1) is 0 Å². The molecule has 4 aromatic heterocycles. The monoisotopic (exact) mass is 486 g/mol. The molecule has 1 fully saturated rings. The summed E-state index contributed by atoms with van der Waals surface area (Å²) >= 11 is 6.01. The van der Waals surface area contributed by atoms with E-state index in [1.54, 1.807) is 10.7 Å². The van der Waals surface area contributed by atoms with Crippen LogP contribution in [-0.2, 0) is 11.2 Å². The highest BCUT2D eigenvalue weighted by molar-refractivity contribution is 6.30. The van der Waals surface area contributed by atoms with Gasteiger partial charge in [0.15, 0.2) is 5.65 Å². The average molecular weight is 487 g/mol. The number of nitrogens with zero attached hydrogens (tertiary/aromatic N) is 8. The van der Waals surface area contributed by atoms with Crippen molar-refractivity contribution in [3.05, 3.63) is 78.0 Å². The van der Waals surface area contributed by atoms with Gasteiger partial charge in [-0.25, -0.2) is 9.50 Å². The zero-order valence-corrected chi connectivity index (χ0v) is 19.7. The number of piperazine rings is 1. The van der Waals surface area contributed by atoms with Crippen LogP contribution in [0.2, 0.25) is 5.02 Å². The van der Waals surface area contributed by atoms with Crippen LogP contribution in [0.1, 0.15) is 12.2 Å². The number of amides is 1. The second-order valence-electron chi connectivity index (χ2n) is 8.53. The molecule has 10 heteroatoms. The fourth-order valence-electron chi connectivity index (χ4n) is 4.49. The number of rotatable bonds is 5. The van der Waals surface area contributed by atoms with Crippen molar-refractivity contribution in [2.24, 2.45) is 0 Å². The number of hydrogen-bond acceptors (Lipinski definition) is 6. The quantitative estimate of drug-likeness (QED) is 0.379. The normalized spacial score (nSPS) is 14.2. The number of hydrogen-bond donors (Lipinski definition) is 0. The van der Waals surface area contributed by atoms with E-state index in [1.165, 1.54) is 0 Å². The maximum Gasteiger partial charge on any atom is 0.223 e. The van der Waals surface area contributed by atoms with Gasteiger partial charge >= 0.3 is 0 Å².